The van der Waals surface area contributed by atoms with Gasteiger partial charge in [0.05, 0.1) is 12.0 Å². The molecule has 1 heterocycles. The topological polar surface area (TPSA) is 45.8 Å². The summed E-state index contributed by atoms with van der Waals surface area (Å²) >= 11 is 0. The number of aryl methyl sites for hydroxylation is 1. The molecule has 15 heavy (non-hydrogen) atoms. The number of nitrogens with zero attached hydrogens (tertiary/aromatic N) is 1. The van der Waals surface area contributed by atoms with Crippen molar-refractivity contribution in [2.75, 3.05) is 0 Å². The molecule has 0 saturated carbocycles. The van der Waals surface area contributed by atoms with Gasteiger partial charge in [0.25, 0.3) is 5.56 Å². The molecule has 0 saturated heterocycles. The molecule has 1 aromatic heterocycles. The molecule has 76 valence electrons. The molecular weight excluding hydrogens is 195 g/mol. The average molecular weight is 204 g/mol. The minimum absolute atomic E-state index is 0.247. The molecule has 0 aliphatic carbocycles. The van der Waals surface area contributed by atoms with Crippen molar-refractivity contribution in [3.05, 3.63) is 52.3 Å². The molecule has 0 bridgehead atoms. The van der Waals surface area contributed by atoms with Crippen molar-refractivity contribution in [2.24, 2.45) is 0 Å². The summed E-state index contributed by atoms with van der Waals surface area (Å²) in [5.41, 5.74) is 1.76. The number of aromatic amines is 1. The lowest BCUT2D eigenvalue weighted by Gasteiger charge is -2.03. The van der Waals surface area contributed by atoms with Crippen LogP contribution >= 0.6 is 0 Å². The van der Waals surface area contributed by atoms with Crippen LogP contribution in [0.2, 0.25) is 0 Å². The Kier molecular flexibility index (Phi) is 2.33. The molecule has 2 aromatic rings. The Bertz CT molecular complexity index is 548. The fourth-order valence-electron chi connectivity index (χ4n) is 1.39. The van der Waals surface area contributed by atoms with E-state index in [2.05, 4.69) is 9.97 Å². The monoisotopic (exact) mass is 204 g/mol. The van der Waals surface area contributed by atoms with Crippen molar-refractivity contribution in [1.82, 2.24) is 9.97 Å². The number of H-pyrrole nitrogens is 1. The highest BCUT2D eigenvalue weighted by Gasteiger charge is 2.04. The SMILES string of the molecule is Cc1ccc(F)cc1-c1cc(=O)[nH]cn1. The van der Waals surface area contributed by atoms with Crippen LogP contribution in [0.25, 0.3) is 11.3 Å². The van der Waals surface area contributed by atoms with Crippen LogP contribution in [0.3, 0.4) is 0 Å². The summed E-state index contributed by atoms with van der Waals surface area (Å²) in [7, 11) is 0. The highest BCUT2D eigenvalue weighted by atomic mass is 19.1. The van der Waals surface area contributed by atoms with Gasteiger partial charge in [-0.05, 0) is 24.6 Å². The van der Waals surface area contributed by atoms with Crippen LogP contribution in [-0.4, -0.2) is 9.97 Å². The summed E-state index contributed by atoms with van der Waals surface area (Å²) in [6.45, 7) is 1.84. The Morgan fingerprint density at radius 3 is 2.87 bits per heavy atom. The van der Waals surface area contributed by atoms with Crippen LogP contribution in [0, 0.1) is 12.7 Å². The van der Waals surface area contributed by atoms with Crippen LogP contribution in [0.4, 0.5) is 4.39 Å². The number of nitrogens with one attached hydrogen (secondary N) is 1. The fourth-order valence-corrected chi connectivity index (χ4v) is 1.39. The molecule has 4 heteroatoms. The Balaban J connectivity index is 2.63. The Morgan fingerprint density at radius 2 is 2.13 bits per heavy atom. The van der Waals surface area contributed by atoms with Crippen LogP contribution in [0.5, 0.6) is 0 Å². The van der Waals surface area contributed by atoms with Gasteiger partial charge in [-0.1, -0.05) is 6.07 Å². The van der Waals surface area contributed by atoms with Gasteiger partial charge in [0, 0.05) is 11.6 Å². The fraction of sp³-hybridized carbons (Fsp3) is 0.0909. The van der Waals surface area contributed by atoms with Crippen molar-refractivity contribution < 1.29 is 4.39 Å². The Labute approximate surface area is 85.6 Å². The second kappa shape index (κ2) is 3.65. The molecule has 0 radical (unpaired) electrons. The normalized spacial score (nSPS) is 10.3. The maximum absolute atomic E-state index is 13.0. The van der Waals surface area contributed by atoms with Gasteiger partial charge in [0.1, 0.15) is 5.82 Å². The second-order valence-electron chi connectivity index (χ2n) is 3.26. The average Bonchev–Trinajstić information content (AvgIpc) is 2.22. The van der Waals surface area contributed by atoms with E-state index in [0.717, 1.165) is 5.56 Å². The molecule has 0 aliphatic rings. The summed E-state index contributed by atoms with van der Waals surface area (Å²) in [5, 5.41) is 0. The lowest BCUT2D eigenvalue weighted by molar-refractivity contribution is 0.628. The zero-order valence-electron chi connectivity index (χ0n) is 8.12. The van der Waals surface area contributed by atoms with Crippen molar-refractivity contribution in [3.8, 4) is 11.3 Å². The molecule has 0 aliphatic heterocycles. The van der Waals surface area contributed by atoms with Gasteiger partial charge in [0.2, 0.25) is 0 Å². The first-order valence-corrected chi connectivity index (χ1v) is 4.48. The quantitative estimate of drug-likeness (QED) is 0.770. The molecule has 3 nitrogen and oxygen atoms in total. The number of hydrogen-bond donors (Lipinski definition) is 1. The third kappa shape index (κ3) is 1.93. The standard InChI is InChI=1S/C11H9FN2O/c1-7-2-3-8(12)4-9(7)10-5-11(15)14-6-13-10/h2-6H,1H3,(H,13,14,15). The minimum Gasteiger partial charge on any atom is -0.313 e. The van der Waals surface area contributed by atoms with Crippen molar-refractivity contribution in [2.45, 2.75) is 6.92 Å². The zero-order valence-corrected chi connectivity index (χ0v) is 8.12. The molecule has 2 rings (SSSR count). The summed E-state index contributed by atoms with van der Waals surface area (Å²) in [6, 6.07) is 5.76. The van der Waals surface area contributed by atoms with E-state index in [1.54, 1.807) is 6.07 Å². The summed E-state index contributed by atoms with van der Waals surface area (Å²) in [5.74, 6) is -0.335. The van der Waals surface area contributed by atoms with Crippen molar-refractivity contribution >= 4 is 0 Å². The van der Waals surface area contributed by atoms with E-state index in [4.69, 9.17) is 0 Å². The first-order chi connectivity index (χ1) is 7.16. The minimum atomic E-state index is -0.335. The predicted molar refractivity (Wildman–Crippen MR) is 55.0 cm³/mol. The number of rotatable bonds is 1. The molecule has 0 amide bonds. The molecule has 1 N–H and O–H groups in total. The number of hydrogen-bond acceptors (Lipinski definition) is 2. The van der Waals surface area contributed by atoms with E-state index in [1.807, 2.05) is 6.92 Å². The molecular formula is C11H9FN2O. The number of halogens is 1. The predicted octanol–water partition coefficient (Wildman–Crippen LogP) is 1.88. The molecule has 0 unspecified atom stereocenters. The molecule has 0 fully saturated rings. The molecule has 0 atom stereocenters. The van der Waals surface area contributed by atoms with E-state index in [-0.39, 0.29) is 11.4 Å². The van der Waals surface area contributed by atoms with Gasteiger partial charge in [-0.25, -0.2) is 9.37 Å². The maximum atomic E-state index is 13.0. The lowest BCUT2D eigenvalue weighted by Crippen LogP contribution is -2.04. The van der Waals surface area contributed by atoms with Crippen LogP contribution < -0.4 is 5.56 Å². The highest BCUT2D eigenvalue weighted by molar-refractivity contribution is 5.62. The van der Waals surface area contributed by atoms with Gasteiger partial charge in [-0.15, -0.1) is 0 Å². The van der Waals surface area contributed by atoms with E-state index in [0.29, 0.717) is 11.3 Å². The van der Waals surface area contributed by atoms with Crippen LogP contribution in [0.15, 0.2) is 35.4 Å². The maximum Gasteiger partial charge on any atom is 0.251 e. The first kappa shape index (κ1) is 9.58. The van der Waals surface area contributed by atoms with E-state index in [1.165, 1.54) is 24.5 Å². The molecule has 1 aromatic carbocycles. The van der Waals surface area contributed by atoms with Gasteiger partial charge in [-0.3, -0.25) is 4.79 Å². The van der Waals surface area contributed by atoms with Gasteiger partial charge < -0.3 is 4.98 Å². The van der Waals surface area contributed by atoms with Gasteiger partial charge in [0.15, 0.2) is 0 Å². The first-order valence-electron chi connectivity index (χ1n) is 4.48. The second-order valence-corrected chi connectivity index (χ2v) is 3.26. The third-order valence-corrected chi connectivity index (χ3v) is 2.15. The zero-order chi connectivity index (χ0) is 10.8. The largest absolute Gasteiger partial charge is 0.313 e. The van der Waals surface area contributed by atoms with Crippen LogP contribution in [-0.2, 0) is 0 Å². The lowest BCUT2D eigenvalue weighted by atomic mass is 10.1. The Hall–Kier alpha value is -1.97. The number of benzene rings is 1. The third-order valence-electron chi connectivity index (χ3n) is 2.15. The molecule has 0 spiro atoms. The highest BCUT2D eigenvalue weighted by Crippen LogP contribution is 2.20. The van der Waals surface area contributed by atoms with E-state index >= 15 is 0 Å². The van der Waals surface area contributed by atoms with Gasteiger partial charge >= 0.3 is 0 Å². The van der Waals surface area contributed by atoms with Gasteiger partial charge in [-0.2, -0.15) is 0 Å². The van der Waals surface area contributed by atoms with Crippen molar-refractivity contribution in [1.29, 1.82) is 0 Å². The van der Waals surface area contributed by atoms with Crippen molar-refractivity contribution in [3.63, 3.8) is 0 Å². The van der Waals surface area contributed by atoms with Crippen LogP contribution in [0.1, 0.15) is 5.56 Å². The summed E-state index contributed by atoms with van der Waals surface area (Å²) in [6.07, 6.45) is 1.31. The Morgan fingerprint density at radius 1 is 1.33 bits per heavy atom. The van der Waals surface area contributed by atoms with E-state index < -0.39 is 0 Å². The smallest absolute Gasteiger partial charge is 0.251 e. The number of aromatic nitrogens is 2. The summed E-state index contributed by atoms with van der Waals surface area (Å²) in [4.78, 5) is 17.5. The summed E-state index contributed by atoms with van der Waals surface area (Å²) < 4.78 is 13.0. The van der Waals surface area contributed by atoms with E-state index in [9.17, 15) is 9.18 Å².